The second-order valence-electron chi connectivity index (χ2n) is 4.40. The molecule has 2 heterocycles. The summed E-state index contributed by atoms with van der Waals surface area (Å²) in [4.78, 5) is 2.00. The molecule has 0 aliphatic carbocycles. The van der Waals surface area contributed by atoms with Crippen LogP contribution in [0.4, 0.5) is 0 Å². The molecule has 0 bridgehead atoms. The second-order valence-corrected chi connectivity index (χ2v) is 7.33. The highest BCUT2D eigenvalue weighted by Gasteiger charge is 2.36. The Morgan fingerprint density at radius 2 is 2.32 bits per heavy atom. The minimum atomic E-state index is -3.61. The summed E-state index contributed by atoms with van der Waals surface area (Å²) in [7, 11) is -0.266. The molecule has 2 rings (SSSR count). The molecule has 0 saturated carbocycles. The van der Waals surface area contributed by atoms with E-state index in [-0.39, 0.29) is 10.8 Å². The Morgan fingerprint density at radius 3 is 2.89 bits per heavy atom. The molecule has 1 aliphatic rings. The molecular weight excluding hydrogens is 290 g/mol. The first-order valence-corrected chi connectivity index (χ1v) is 8.02. The topological polar surface area (TPSA) is 83.0 Å². The van der Waals surface area contributed by atoms with E-state index in [0.717, 1.165) is 11.5 Å². The molecule has 1 atom stereocenters. The van der Waals surface area contributed by atoms with Crippen molar-refractivity contribution in [1.82, 2.24) is 13.6 Å². The van der Waals surface area contributed by atoms with Crippen LogP contribution in [0.5, 0.6) is 5.88 Å². The van der Waals surface area contributed by atoms with Crippen molar-refractivity contribution in [3.8, 4) is 5.88 Å². The van der Waals surface area contributed by atoms with Crippen molar-refractivity contribution in [2.45, 2.75) is 10.3 Å². The molecule has 1 aromatic heterocycles. The molecule has 1 unspecified atom stereocenters. The smallest absolute Gasteiger partial charge is 0.254 e. The van der Waals surface area contributed by atoms with Gasteiger partial charge in [0.1, 0.15) is 0 Å². The number of nitrogens with zero attached hydrogens (tertiary/aromatic N) is 3. The third-order valence-corrected chi connectivity index (χ3v) is 6.23. The molecule has 1 N–H and O–H groups in total. The molecule has 1 saturated heterocycles. The Kier molecular flexibility index (Phi) is 4.41. The van der Waals surface area contributed by atoms with Crippen LogP contribution in [0.1, 0.15) is 0 Å². The van der Waals surface area contributed by atoms with Crippen LogP contribution >= 0.6 is 11.5 Å². The molecule has 0 amide bonds. The van der Waals surface area contributed by atoms with Crippen molar-refractivity contribution in [3.05, 3.63) is 6.07 Å². The molecule has 0 aromatic carbocycles. The number of hydrogen-bond donors (Lipinski definition) is 1. The molecule has 1 aliphatic heterocycles. The summed E-state index contributed by atoms with van der Waals surface area (Å²) < 4.78 is 35.3. The van der Waals surface area contributed by atoms with E-state index in [1.165, 1.54) is 17.5 Å². The standard InChI is InChI=1S/C10H17N3O4S2/c1-12-3-4-13(8(6-12)7-14)19(15,16)10-5-9(17-2)11-18-10/h5,8,14H,3-4,6-7H2,1-2H3. The maximum Gasteiger partial charge on any atom is 0.254 e. The van der Waals surface area contributed by atoms with Crippen LogP contribution in [0.3, 0.4) is 0 Å². The minimum Gasteiger partial charge on any atom is -0.480 e. The lowest BCUT2D eigenvalue weighted by molar-refractivity contribution is 0.107. The van der Waals surface area contributed by atoms with Crippen molar-refractivity contribution in [3.63, 3.8) is 0 Å². The zero-order valence-electron chi connectivity index (χ0n) is 10.8. The predicted molar refractivity (Wildman–Crippen MR) is 70.9 cm³/mol. The molecular formula is C10H17N3O4S2. The van der Waals surface area contributed by atoms with E-state index in [1.807, 2.05) is 11.9 Å². The van der Waals surface area contributed by atoms with Crippen LogP contribution < -0.4 is 4.74 Å². The normalized spacial score (nSPS) is 22.6. The highest BCUT2D eigenvalue weighted by molar-refractivity contribution is 7.91. The van der Waals surface area contributed by atoms with Gasteiger partial charge in [0.05, 0.1) is 19.8 Å². The van der Waals surface area contributed by atoms with Crippen LogP contribution in [0, 0.1) is 0 Å². The third kappa shape index (κ3) is 2.90. The second kappa shape index (κ2) is 5.71. The number of rotatable bonds is 4. The molecule has 9 heteroatoms. The highest BCUT2D eigenvalue weighted by atomic mass is 32.2. The molecule has 19 heavy (non-hydrogen) atoms. The predicted octanol–water partition coefficient (Wildman–Crippen LogP) is -0.551. The van der Waals surface area contributed by atoms with Crippen LogP contribution in [0.15, 0.2) is 10.3 Å². The van der Waals surface area contributed by atoms with Gasteiger partial charge in [0.2, 0.25) is 5.88 Å². The monoisotopic (exact) mass is 307 g/mol. The average molecular weight is 307 g/mol. The number of hydrogen-bond acceptors (Lipinski definition) is 7. The Labute approximate surface area is 116 Å². The molecule has 0 radical (unpaired) electrons. The SMILES string of the molecule is COc1cc(S(=O)(=O)N2CCN(C)CC2CO)sn1. The number of aliphatic hydroxyl groups excluding tert-OH is 1. The van der Waals surface area contributed by atoms with Gasteiger partial charge in [-0.15, -0.1) is 0 Å². The van der Waals surface area contributed by atoms with Gasteiger partial charge in [0.25, 0.3) is 10.0 Å². The maximum absolute atomic E-state index is 12.5. The summed E-state index contributed by atoms with van der Waals surface area (Å²) in [6, 6.07) is 0.990. The van der Waals surface area contributed by atoms with Gasteiger partial charge in [0, 0.05) is 25.7 Å². The van der Waals surface area contributed by atoms with Gasteiger partial charge in [-0.05, 0) is 18.6 Å². The lowest BCUT2D eigenvalue weighted by Crippen LogP contribution is -2.55. The lowest BCUT2D eigenvalue weighted by Gasteiger charge is -2.37. The fourth-order valence-electron chi connectivity index (χ4n) is 2.04. The summed E-state index contributed by atoms with van der Waals surface area (Å²) in [5.74, 6) is 0.290. The van der Waals surface area contributed by atoms with Gasteiger partial charge >= 0.3 is 0 Å². The van der Waals surface area contributed by atoms with Gasteiger partial charge in [0.15, 0.2) is 4.21 Å². The fourth-order valence-corrected chi connectivity index (χ4v) is 4.60. The van der Waals surface area contributed by atoms with Gasteiger partial charge in [-0.1, -0.05) is 0 Å². The maximum atomic E-state index is 12.5. The molecule has 7 nitrogen and oxygen atoms in total. The van der Waals surface area contributed by atoms with Gasteiger partial charge in [-0.3, -0.25) is 0 Å². The van der Waals surface area contributed by atoms with Crippen molar-refractivity contribution >= 4 is 21.6 Å². The van der Waals surface area contributed by atoms with Crippen LogP contribution in [0.2, 0.25) is 0 Å². The van der Waals surface area contributed by atoms with Crippen molar-refractivity contribution in [1.29, 1.82) is 0 Å². The Bertz CT molecular complexity index is 531. The molecule has 0 spiro atoms. The summed E-state index contributed by atoms with van der Waals surface area (Å²) in [6.45, 7) is 1.33. The number of aromatic nitrogens is 1. The summed E-state index contributed by atoms with van der Waals surface area (Å²) in [5.41, 5.74) is 0. The van der Waals surface area contributed by atoms with Gasteiger partial charge < -0.3 is 14.7 Å². The number of ether oxygens (including phenoxy) is 1. The van der Waals surface area contributed by atoms with Crippen LogP contribution in [0.25, 0.3) is 0 Å². The highest BCUT2D eigenvalue weighted by Crippen LogP contribution is 2.27. The van der Waals surface area contributed by atoms with E-state index in [2.05, 4.69) is 4.37 Å². The first-order valence-electron chi connectivity index (χ1n) is 5.81. The fraction of sp³-hybridized carbons (Fsp3) is 0.700. The summed E-state index contributed by atoms with van der Waals surface area (Å²) in [6.07, 6.45) is 0. The Hall–Kier alpha value is -0.740. The average Bonchev–Trinajstić information content (AvgIpc) is 2.87. The van der Waals surface area contributed by atoms with Crippen LogP contribution in [-0.2, 0) is 10.0 Å². The van der Waals surface area contributed by atoms with Crippen molar-refractivity contribution in [2.75, 3.05) is 40.4 Å². The lowest BCUT2D eigenvalue weighted by atomic mass is 10.2. The number of sulfonamides is 1. The molecule has 1 fully saturated rings. The zero-order chi connectivity index (χ0) is 14.0. The van der Waals surface area contributed by atoms with Gasteiger partial charge in [-0.2, -0.15) is 8.68 Å². The van der Waals surface area contributed by atoms with Crippen molar-refractivity contribution < 1.29 is 18.3 Å². The summed E-state index contributed by atoms with van der Waals surface area (Å²) in [5, 5.41) is 9.37. The largest absolute Gasteiger partial charge is 0.480 e. The van der Waals surface area contributed by atoms with Gasteiger partial charge in [-0.25, -0.2) is 8.42 Å². The quantitative estimate of drug-likeness (QED) is 0.803. The minimum absolute atomic E-state index is 0.146. The zero-order valence-corrected chi connectivity index (χ0v) is 12.4. The van der Waals surface area contributed by atoms with E-state index in [0.29, 0.717) is 25.5 Å². The number of methoxy groups -OCH3 is 1. The Morgan fingerprint density at radius 1 is 1.58 bits per heavy atom. The van der Waals surface area contributed by atoms with E-state index in [9.17, 15) is 13.5 Å². The molecule has 1 aromatic rings. The van der Waals surface area contributed by atoms with E-state index in [4.69, 9.17) is 4.74 Å². The third-order valence-electron chi connectivity index (χ3n) is 3.08. The first-order chi connectivity index (χ1) is 8.98. The summed E-state index contributed by atoms with van der Waals surface area (Å²) >= 11 is 0.888. The van der Waals surface area contributed by atoms with Crippen LogP contribution in [-0.4, -0.2) is 73.5 Å². The first kappa shape index (κ1) is 14.7. The van der Waals surface area contributed by atoms with E-state index in [1.54, 1.807) is 0 Å². The van der Waals surface area contributed by atoms with E-state index >= 15 is 0 Å². The number of aliphatic hydroxyl groups is 1. The number of likely N-dealkylation sites (N-methyl/N-ethyl adjacent to an activating group) is 1. The van der Waals surface area contributed by atoms with Crippen molar-refractivity contribution in [2.24, 2.45) is 0 Å². The number of piperazine rings is 1. The van der Waals surface area contributed by atoms with E-state index < -0.39 is 16.1 Å². The Balaban J connectivity index is 2.27. The molecule has 108 valence electrons.